The molecule has 0 aromatic carbocycles. The first-order chi connectivity index (χ1) is 8.74. The summed E-state index contributed by atoms with van der Waals surface area (Å²) in [4.78, 5) is 5.55. The van der Waals surface area contributed by atoms with Gasteiger partial charge in [-0.1, -0.05) is 6.07 Å². The van der Waals surface area contributed by atoms with Crippen molar-refractivity contribution in [3.63, 3.8) is 0 Å². The third-order valence-electron chi connectivity index (χ3n) is 2.35. The average Bonchev–Trinajstić information content (AvgIpc) is 3.04. The van der Waals surface area contributed by atoms with Crippen molar-refractivity contribution < 1.29 is 0 Å². The van der Waals surface area contributed by atoms with Gasteiger partial charge in [0.05, 0.1) is 4.88 Å². The minimum Gasteiger partial charge on any atom is -0.304 e. The van der Waals surface area contributed by atoms with E-state index in [0.717, 1.165) is 25.9 Å². The fourth-order valence-corrected chi connectivity index (χ4v) is 3.96. The molecule has 0 saturated heterocycles. The van der Waals surface area contributed by atoms with Crippen LogP contribution in [0.3, 0.4) is 0 Å². The lowest BCUT2D eigenvalue weighted by atomic mass is 10.4. The second-order valence-electron chi connectivity index (χ2n) is 3.70. The lowest BCUT2D eigenvalue weighted by Crippen LogP contribution is -1.93. The minimum atomic E-state index is 0.868. The second kappa shape index (κ2) is 4.83. The average molecular weight is 294 g/mol. The monoisotopic (exact) mass is 294 g/mol. The summed E-state index contributed by atoms with van der Waals surface area (Å²) in [5, 5.41) is 13.4. The van der Waals surface area contributed by atoms with Crippen molar-refractivity contribution in [2.24, 2.45) is 7.05 Å². The Kier molecular flexibility index (Phi) is 3.19. The van der Waals surface area contributed by atoms with Crippen molar-refractivity contribution in [3.05, 3.63) is 28.6 Å². The summed E-state index contributed by atoms with van der Waals surface area (Å²) < 4.78 is 3.01. The van der Waals surface area contributed by atoms with Crippen LogP contribution in [0.1, 0.15) is 5.69 Å². The predicted molar refractivity (Wildman–Crippen MR) is 75.3 cm³/mol. The summed E-state index contributed by atoms with van der Waals surface area (Å²) in [6, 6.07) is 4.07. The van der Waals surface area contributed by atoms with E-state index in [1.165, 1.54) is 0 Å². The number of hydrogen-bond acceptors (Lipinski definition) is 6. The van der Waals surface area contributed by atoms with Gasteiger partial charge in [0.2, 0.25) is 0 Å². The number of aryl methyl sites for hydroxylation is 1. The quantitative estimate of drug-likeness (QED) is 0.742. The number of thiazole rings is 1. The highest BCUT2D eigenvalue weighted by Crippen LogP contribution is 2.31. The van der Waals surface area contributed by atoms with Crippen LogP contribution in [0.5, 0.6) is 0 Å². The molecule has 0 unspecified atom stereocenters. The normalized spacial score (nSPS) is 11.0. The Labute approximate surface area is 117 Å². The summed E-state index contributed by atoms with van der Waals surface area (Å²) in [7, 11) is 1.98. The molecule has 3 heterocycles. The number of hydrogen-bond donors (Lipinski definition) is 0. The molecule has 4 nitrogen and oxygen atoms in total. The van der Waals surface area contributed by atoms with Crippen LogP contribution in [0.4, 0.5) is 0 Å². The molecule has 3 rings (SSSR count). The smallest absolute Gasteiger partial charge is 0.198 e. The van der Waals surface area contributed by atoms with Gasteiger partial charge in [0.1, 0.15) is 0 Å². The van der Waals surface area contributed by atoms with E-state index >= 15 is 0 Å². The van der Waals surface area contributed by atoms with Gasteiger partial charge in [0.25, 0.3) is 0 Å². The molecule has 0 amide bonds. The predicted octanol–water partition coefficient (Wildman–Crippen LogP) is 3.46. The van der Waals surface area contributed by atoms with Crippen molar-refractivity contribution in [1.29, 1.82) is 0 Å². The molecule has 0 fully saturated rings. The Hall–Kier alpha value is -1.18. The number of rotatable bonds is 3. The van der Waals surface area contributed by atoms with E-state index in [2.05, 4.69) is 21.2 Å². The molecule has 0 atom stereocenters. The molecule has 0 bridgehead atoms. The molecule has 3 aromatic rings. The van der Waals surface area contributed by atoms with Crippen molar-refractivity contribution in [2.75, 3.05) is 0 Å². The van der Waals surface area contributed by atoms with E-state index in [0.29, 0.717) is 0 Å². The first-order valence-electron chi connectivity index (χ1n) is 5.27. The van der Waals surface area contributed by atoms with E-state index < -0.39 is 0 Å². The van der Waals surface area contributed by atoms with Crippen molar-refractivity contribution >= 4 is 34.4 Å². The van der Waals surface area contributed by atoms with E-state index in [1.54, 1.807) is 34.4 Å². The lowest BCUT2D eigenvalue weighted by Gasteiger charge is -1.99. The third-order valence-corrected chi connectivity index (χ3v) is 5.31. The van der Waals surface area contributed by atoms with Crippen LogP contribution in [0.25, 0.3) is 10.7 Å². The van der Waals surface area contributed by atoms with Gasteiger partial charge in [-0.3, -0.25) is 0 Å². The number of aromatic nitrogens is 4. The molecule has 18 heavy (non-hydrogen) atoms. The maximum absolute atomic E-state index is 4.42. The molecule has 3 aromatic heterocycles. The van der Waals surface area contributed by atoms with Crippen LogP contribution >= 0.6 is 34.4 Å². The maximum atomic E-state index is 4.42. The Morgan fingerprint density at radius 2 is 2.17 bits per heavy atom. The number of thiophene rings is 1. The lowest BCUT2D eigenvalue weighted by molar-refractivity contribution is 0.794. The van der Waals surface area contributed by atoms with Crippen molar-refractivity contribution in [1.82, 2.24) is 19.7 Å². The molecule has 0 aliphatic heterocycles. The minimum absolute atomic E-state index is 0.868. The van der Waals surface area contributed by atoms with E-state index in [1.807, 2.05) is 35.4 Å². The Morgan fingerprint density at radius 3 is 2.83 bits per heavy atom. The highest BCUT2D eigenvalue weighted by atomic mass is 32.2. The second-order valence-corrected chi connectivity index (χ2v) is 6.72. The topological polar surface area (TPSA) is 43.6 Å². The molecule has 0 aliphatic carbocycles. The molecule has 92 valence electrons. The zero-order valence-electron chi connectivity index (χ0n) is 9.82. The third kappa shape index (κ3) is 2.21. The van der Waals surface area contributed by atoms with Crippen molar-refractivity contribution in [3.8, 4) is 10.7 Å². The Bertz CT molecular complexity index is 654. The van der Waals surface area contributed by atoms with E-state index in [4.69, 9.17) is 0 Å². The first-order valence-corrected chi connectivity index (χ1v) is 7.85. The molecule has 0 radical (unpaired) electrons. The first kappa shape index (κ1) is 11.9. The molecule has 0 spiro atoms. The fourth-order valence-electron chi connectivity index (χ4n) is 1.48. The fraction of sp³-hybridized carbons (Fsp3) is 0.182. The van der Waals surface area contributed by atoms with Gasteiger partial charge in [-0.15, -0.1) is 32.9 Å². The van der Waals surface area contributed by atoms with E-state index in [9.17, 15) is 0 Å². The zero-order valence-corrected chi connectivity index (χ0v) is 12.3. The summed E-state index contributed by atoms with van der Waals surface area (Å²) in [5.41, 5.74) is 1.04. The van der Waals surface area contributed by atoms with Gasteiger partial charge in [0.15, 0.2) is 15.3 Å². The summed E-state index contributed by atoms with van der Waals surface area (Å²) in [6.07, 6.45) is 0. The molecular weight excluding hydrogens is 284 g/mol. The van der Waals surface area contributed by atoms with Crippen molar-refractivity contribution in [2.45, 2.75) is 16.4 Å². The largest absolute Gasteiger partial charge is 0.304 e. The van der Waals surface area contributed by atoms with Gasteiger partial charge in [-0.05, 0) is 30.1 Å². The molecule has 7 heteroatoms. The van der Waals surface area contributed by atoms with Gasteiger partial charge in [0, 0.05) is 18.1 Å². The van der Waals surface area contributed by atoms with Crippen LogP contribution in [-0.2, 0) is 7.05 Å². The summed E-state index contributed by atoms with van der Waals surface area (Å²) >= 11 is 4.86. The SMILES string of the molecule is Cc1csc(Sc2nnc(-c3cccs3)n2C)n1. The van der Waals surface area contributed by atoms with Gasteiger partial charge < -0.3 is 4.57 Å². The standard InChI is InChI=1S/C11H10N4S3/c1-7-6-17-11(12-7)18-10-14-13-9(15(10)2)8-4-3-5-16-8/h3-6H,1-2H3. The van der Waals surface area contributed by atoms with Crippen LogP contribution in [0.2, 0.25) is 0 Å². The van der Waals surface area contributed by atoms with Crippen LogP contribution in [-0.4, -0.2) is 19.7 Å². The Balaban J connectivity index is 1.90. The number of nitrogens with zero attached hydrogens (tertiary/aromatic N) is 4. The Morgan fingerprint density at radius 1 is 1.28 bits per heavy atom. The molecule has 0 N–H and O–H groups in total. The van der Waals surface area contributed by atoms with Crippen LogP contribution < -0.4 is 0 Å². The highest BCUT2D eigenvalue weighted by molar-refractivity contribution is 8.00. The van der Waals surface area contributed by atoms with E-state index in [-0.39, 0.29) is 0 Å². The van der Waals surface area contributed by atoms with Gasteiger partial charge in [-0.25, -0.2) is 4.98 Å². The van der Waals surface area contributed by atoms with Gasteiger partial charge in [-0.2, -0.15) is 0 Å². The van der Waals surface area contributed by atoms with Gasteiger partial charge >= 0.3 is 0 Å². The van der Waals surface area contributed by atoms with Crippen LogP contribution in [0, 0.1) is 6.92 Å². The molecule has 0 saturated carbocycles. The van der Waals surface area contributed by atoms with Crippen LogP contribution in [0.15, 0.2) is 32.4 Å². The summed E-state index contributed by atoms with van der Waals surface area (Å²) in [6.45, 7) is 1.99. The summed E-state index contributed by atoms with van der Waals surface area (Å²) in [5.74, 6) is 0.903. The maximum Gasteiger partial charge on any atom is 0.198 e. The highest BCUT2D eigenvalue weighted by Gasteiger charge is 2.13. The molecule has 0 aliphatic rings. The molecular formula is C11H10N4S3. The zero-order chi connectivity index (χ0) is 12.5.